The Hall–Kier alpha value is -2.90. The van der Waals surface area contributed by atoms with Gasteiger partial charge in [-0.2, -0.15) is 0 Å². The maximum absolute atomic E-state index is 13.9. The Morgan fingerprint density at radius 1 is 0.925 bits per heavy atom. The van der Waals surface area contributed by atoms with E-state index in [0.717, 1.165) is 62.0 Å². The molecule has 0 bridgehead atoms. The number of carbonyl (C=O) groups is 1. The summed E-state index contributed by atoms with van der Waals surface area (Å²) in [5.41, 5.74) is 7.13. The molecule has 212 valence electrons. The van der Waals surface area contributed by atoms with E-state index in [-0.39, 0.29) is 6.03 Å². The number of carbonyl (C=O) groups excluding carboxylic acids is 1. The number of amides is 2. The summed E-state index contributed by atoms with van der Waals surface area (Å²) >= 11 is 3.18. The van der Waals surface area contributed by atoms with Crippen molar-refractivity contribution in [2.24, 2.45) is 0 Å². The van der Waals surface area contributed by atoms with Crippen LogP contribution < -0.4 is 5.32 Å². The first kappa shape index (κ1) is 30.1. The summed E-state index contributed by atoms with van der Waals surface area (Å²) in [6, 6.07) is 16.8. The number of pyridine rings is 1. The van der Waals surface area contributed by atoms with Gasteiger partial charge in [0, 0.05) is 28.1 Å². The van der Waals surface area contributed by atoms with Crippen LogP contribution in [-0.4, -0.2) is 35.0 Å². The van der Waals surface area contributed by atoms with Gasteiger partial charge in [-0.25, -0.2) is 9.78 Å². The second kappa shape index (κ2) is 14.1. The number of anilines is 1. The zero-order chi connectivity index (χ0) is 28.6. The molecule has 0 unspecified atom stereocenters. The van der Waals surface area contributed by atoms with Gasteiger partial charge in [-0.3, -0.25) is 0 Å². The molecule has 1 N–H and O–H groups in total. The highest BCUT2D eigenvalue weighted by Gasteiger charge is 2.23. The van der Waals surface area contributed by atoms with Crippen LogP contribution in [-0.2, 0) is 6.54 Å². The minimum Gasteiger partial charge on any atom is -0.459 e. The van der Waals surface area contributed by atoms with Gasteiger partial charge in [0.25, 0.3) is 0 Å². The topological polar surface area (TPSA) is 58.4 Å². The third-order valence-electron chi connectivity index (χ3n) is 7.13. The van der Waals surface area contributed by atoms with E-state index in [1.807, 2.05) is 36.5 Å². The summed E-state index contributed by atoms with van der Waals surface area (Å²) in [6.07, 6.45) is 9.67. The molecule has 0 saturated carbocycles. The van der Waals surface area contributed by atoms with Gasteiger partial charge in [0.2, 0.25) is 0 Å². The molecule has 2 aromatic carbocycles. The predicted octanol–water partition coefficient (Wildman–Crippen LogP) is 9.87. The molecular formula is C33H41N3O2S2. The highest BCUT2D eigenvalue weighted by molar-refractivity contribution is 7.99. The summed E-state index contributed by atoms with van der Waals surface area (Å²) in [5, 5.41) is 5.15. The number of furan rings is 1. The molecule has 5 nitrogen and oxygen atoms in total. The highest BCUT2D eigenvalue weighted by Crippen LogP contribution is 2.37. The third-order valence-corrected chi connectivity index (χ3v) is 8.58. The smallest absolute Gasteiger partial charge is 0.322 e. The number of aromatic nitrogens is 1. The fourth-order valence-electron chi connectivity index (χ4n) is 4.97. The van der Waals surface area contributed by atoms with Crippen LogP contribution in [0.3, 0.4) is 0 Å². The van der Waals surface area contributed by atoms with Crippen molar-refractivity contribution in [2.75, 3.05) is 24.4 Å². The van der Waals surface area contributed by atoms with Crippen molar-refractivity contribution in [3.63, 3.8) is 0 Å². The van der Waals surface area contributed by atoms with E-state index < -0.39 is 0 Å². The monoisotopic (exact) mass is 575 g/mol. The molecule has 0 radical (unpaired) electrons. The van der Waals surface area contributed by atoms with Crippen molar-refractivity contribution in [3.05, 3.63) is 71.1 Å². The first-order valence-electron chi connectivity index (χ1n) is 14.1. The molecule has 4 rings (SSSR count). The van der Waals surface area contributed by atoms with E-state index in [2.05, 4.69) is 67.5 Å². The molecule has 40 heavy (non-hydrogen) atoms. The van der Waals surface area contributed by atoms with Crippen LogP contribution >= 0.6 is 23.5 Å². The Labute approximate surface area is 247 Å². The number of hydrogen-bond acceptors (Lipinski definition) is 5. The lowest BCUT2D eigenvalue weighted by molar-refractivity contribution is 0.203. The van der Waals surface area contributed by atoms with E-state index >= 15 is 0 Å². The van der Waals surface area contributed by atoms with Crippen LogP contribution in [0.5, 0.6) is 0 Å². The molecule has 2 heterocycles. The average Bonchev–Trinajstić information content (AvgIpc) is 3.30. The van der Waals surface area contributed by atoms with Crippen molar-refractivity contribution >= 4 is 46.2 Å². The Morgan fingerprint density at radius 3 is 2.35 bits per heavy atom. The normalized spacial score (nSPS) is 11.2. The van der Waals surface area contributed by atoms with Crippen LogP contribution in [0.15, 0.2) is 62.9 Å². The largest absolute Gasteiger partial charge is 0.459 e. The second-order valence-corrected chi connectivity index (χ2v) is 12.0. The lowest BCUT2D eigenvalue weighted by Crippen LogP contribution is -2.35. The molecule has 0 atom stereocenters. The Bertz CT molecular complexity index is 1420. The lowest BCUT2D eigenvalue weighted by atomic mass is 9.99. The summed E-state index contributed by atoms with van der Waals surface area (Å²) in [4.78, 5) is 21.6. The van der Waals surface area contributed by atoms with Gasteiger partial charge < -0.3 is 14.6 Å². The Morgan fingerprint density at radius 2 is 1.65 bits per heavy atom. The van der Waals surface area contributed by atoms with Crippen LogP contribution in [0, 0.1) is 20.8 Å². The molecule has 0 fully saturated rings. The van der Waals surface area contributed by atoms with E-state index in [1.165, 1.54) is 30.4 Å². The maximum atomic E-state index is 13.9. The van der Waals surface area contributed by atoms with Gasteiger partial charge in [0.15, 0.2) is 0 Å². The molecular weight excluding hydrogens is 535 g/mol. The fourth-order valence-corrected chi connectivity index (χ4v) is 6.27. The number of thioether (sulfide) groups is 2. The van der Waals surface area contributed by atoms with Crippen LogP contribution in [0.25, 0.3) is 22.1 Å². The van der Waals surface area contributed by atoms with Crippen molar-refractivity contribution < 1.29 is 9.21 Å². The quantitative estimate of drug-likeness (QED) is 0.135. The van der Waals surface area contributed by atoms with Crippen molar-refractivity contribution in [3.8, 4) is 11.1 Å². The summed E-state index contributed by atoms with van der Waals surface area (Å²) in [5.74, 6) is 0.811. The number of fused-ring (bicyclic) bond motifs is 1. The number of benzene rings is 2. The summed E-state index contributed by atoms with van der Waals surface area (Å²) in [7, 11) is 0. The number of hydrogen-bond donors (Lipinski definition) is 1. The SMILES string of the molecule is CCCCCCCN(Cc1oc2ccc(C)cc2c1-c1ccc(C)cc1)C(=O)Nc1c(SC)cc(C)nc1SC. The molecule has 0 aliphatic rings. The molecule has 0 spiro atoms. The molecule has 2 amide bonds. The standard InChI is InChI=1S/C33H41N3O2S2/c1-7-8-9-10-11-18-36(33(37)35-31-29(39-5)20-24(4)34-32(31)40-6)21-28-30(25-15-12-22(2)13-16-25)26-19-23(3)14-17-27(26)38-28/h12-17,19-20H,7-11,18,21H2,1-6H3,(H,35,37). The Kier molecular flexibility index (Phi) is 10.6. The highest BCUT2D eigenvalue weighted by atomic mass is 32.2. The fraction of sp³-hybridized carbons (Fsp3) is 0.394. The van der Waals surface area contributed by atoms with Gasteiger partial charge >= 0.3 is 6.03 Å². The van der Waals surface area contributed by atoms with Crippen LogP contribution in [0.2, 0.25) is 0 Å². The summed E-state index contributed by atoms with van der Waals surface area (Å²) < 4.78 is 6.48. The molecule has 4 aromatic rings. The third kappa shape index (κ3) is 7.24. The molecule has 7 heteroatoms. The van der Waals surface area contributed by atoms with E-state index in [0.29, 0.717) is 13.1 Å². The molecule has 0 saturated heterocycles. The van der Waals surface area contributed by atoms with Gasteiger partial charge in [0.05, 0.1) is 12.2 Å². The molecule has 0 aliphatic heterocycles. The number of rotatable bonds is 12. The number of nitrogens with one attached hydrogen (secondary N) is 1. The van der Waals surface area contributed by atoms with Crippen LogP contribution in [0.1, 0.15) is 61.6 Å². The summed E-state index contributed by atoms with van der Waals surface area (Å²) in [6.45, 7) is 9.45. The zero-order valence-electron chi connectivity index (χ0n) is 24.6. The minimum atomic E-state index is -0.127. The zero-order valence-corrected chi connectivity index (χ0v) is 26.2. The van der Waals surface area contributed by atoms with E-state index in [4.69, 9.17) is 4.42 Å². The first-order chi connectivity index (χ1) is 19.3. The lowest BCUT2D eigenvalue weighted by Gasteiger charge is -2.24. The maximum Gasteiger partial charge on any atom is 0.322 e. The van der Waals surface area contributed by atoms with Gasteiger partial charge in [-0.05, 0) is 63.5 Å². The van der Waals surface area contributed by atoms with Crippen molar-refractivity contribution in [1.82, 2.24) is 9.88 Å². The first-order valence-corrected chi connectivity index (χ1v) is 16.5. The molecule has 2 aromatic heterocycles. The Balaban J connectivity index is 1.71. The van der Waals surface area contributed by atoms with Crippen LogP contribution in [0.4, 0.5) is 10.5 Å². The number of unbranched alkanes of at least 4 members (excludes halogenated alkanes) is 4. The van der Waals surface area contributed by atoms with Gasteiger partial charge in [-0.15, -0.1) is 23.5 Å². The second-order valence-electron chi connectivity index (χ2n) is 10.4. The van der Waals surface area contributed by atoms with E-state index in [9.17, 15) is 4.79 Å². The van der Waals surface area contributed by atoms with Gasteiger partial charge in [0.1, 0.15) is 16.4 Å². The molecule has 0 aliphatic carbocycles. The van der Waals surface area contributed by atoms with Crippen molar-refractivity contribution in [2.45, 2.75) is 76.3 Å². The number of aryl methyl sites for hydroxylation is 3. The minimum absolute atomic E-state index is 0.127. The van der Waals surface area contributed by atoms with E-state index in [1.54, 1.807) is 23.5 Å². The predicted molar refractivity (Wildman–Crippen MR) is 172 cm³/mol. The number of nitrogens with zero attached hydrogens (tertiary/aromatic N) is 2. The van der Waals surface area contributed by atoms with Gasteiger partial charge in [-0.1, -0.05) is 74.1 Å². The van der Waals surface area contributed by atoms with Crippen molar-refractivity contribution in [1.29, 1.82) is 0 Å². The number of urea groups is 1. The average molecular weight is 576 g/mol.